The molecule has 1 fully saturated rings. The fourth-order valence-corrected chi connectivity index (χ4v) is 4.39. The average Bonchev–Trinajstić information content (AvgIpc) is 3.38. The van der Waals surface area contributed by atoms with E-state index in [0.29, 0.717) is 0 Å². The van der Waals surface area contributed by atoms with Crippen molar-refractivity contribution < 1.29 is 0 Å². The lowest BCUT2D eigenvalue weighted by Crippen LogP contribution is -2.46. The lowest BCUT2D eigenvalue weighted by molar-refractivity contribution is 0.271. The highest BCUT2D eigenvalue weighted by molar-refractivity contribution is 7.17. The number of aryl methyl sites for hydroxylation is 2. The second kappa shape index (κ2) is 8.32. The van der Waals surface area contributed by atoms with Crippen molar-refractivity contribution in [3.63, 3.8) is 0 Å². The number of nitrogens with zero attached hydrogens (tertiary/aromatic N) is 5. The fourth-order valence-electron chi connectivity index (χ4n) is 3.48. The normalized spacial score (nSPS) is 15.2. The Balaban J connectivity index is 1.44. The zero-order chi connectivity index (χ0) is 19.5. The lowest BCUT2D eigenvalue weighted by Gasteiger charge is -2.33. The zero-order valence-electron chi connectivity index (χ0n) is 16.9. The topological polar surface area (TPSA) is 49.2 Å². The Morgan fingerprint density at radius 3 is 2.54 bits per heavy atom. The number of hydrogen-bond acceptors (Lipinski definition) is 6. The summed E-state index contributed by atoms with van der Waals surface area (Å²) in [5, 5.41) is 14.4. The number of benzene rings is 1. The molecular formula is C21H28N6S. The monoisotopic (exact) mass is 396 g/mol. The molecule has 0 saturated carbocycles. The molecule has 1 N–H and O–H groups in total. The van der Waals surface area contributed by atoms with Crippen LogP contribution in [0.15, 0.2) is 36.5 Å². The maximum atomic E-state index is 4.46. The second-order valence-electron chi connectivity index (χ2n) is 7.31. The summed E-state index contributed by atoms with van der Waals surface area (Å²) in [7, 11) is 0. The summed E-state index contributed by atoms with van der Waals surface area (Å²) in [5.41, 5.74) is 4.94. The van der Waals surface area contributed by atoms with Crippen molar-refractivity contribution in [3.05, 3.63) is 53.3 Å². The molecule has 3 heterocycles. The van der Waals surface area contributed by atoms with E-state index >= 15 is 0 Å². The smallest absolute Gasteiger partial charge is 0.218 e. The summed E-state index contributed by atoms with van der Waals surface area (Å²) in [6, 6.07) is 10.7. The van der Waals surface area contributed by atoms with Crippen LogP contribution < -0.4 is 10.2 Å². The van der Waals surface area contributed by atoms with Gasteiger partial charge in [-0.3, -0.25) is 4.57 Å². The average molecular weight is 397 g/mol. The predicted molar refractivity (Wildman–Crippen MR) is 117 cm³/mol. The third kappa shape index (κ3) is 4.05. The Hall–Kier alpha value is -2.38. The Morgan fingerprint density at radius 2 is 1.79 bits per heavy atom. The maximum absolute atomic E-state index is 4.46. The van der Waals surface area contributed by atoms with Gasteiger partial charge in [-0.25, -0.2) is 0 Å². The van der Waals surface area contributed by atoms with Crippen LogP contribution >= 0.6 is 11.3 Å². The Morgan fingerprint density at radius 1 is 1.00 bits per heavy atom. The molecule has 28 heavy (non-hydrogen) atoms. The van der Waals surface area contributed by atoms with Gasteiger partial charge in [-0.2, -0.15) is 0 Å². The van der Waals surface area contributed by atoms with E-state index in [-0.39, 0.29) is 0 Å². The maximum Gasteiger partial charge on any atom is 0.218 e. The van der Waals surface area contributed by atoms with E-state index in [1.165, 1.54) is 16.8 Å². The number of anilines is 2. The standard InChI is InChI=1S/C21H28N6S/c1-4-25-10-12-26(13-11-25)20-23-24-21(28-20)27-9-5-6-19(27)15-22-18-8-7-16(2)17(3)14-18/h5-9,14,22H,4,10-13,15H2,1-3H3. The molecule has 2 aromatic heterocycles. The van der Waals surface area contributed by atoms with Gasteiger partial charge in [-0.05, 0) is 55.8 Å². The van der Waals surface area contributed by atoms with Crippen LogP contribution in [0.5, 0.6) is 0 Å². The molecule has 0 bridgehead atoms. The molecule has 1 aliphatic heterocycles. The zero-order valence-corrected chi connectivity index (χ0v) is 17.7. The largest absolute Gasteiger partial charge is 0.379 e. The van der Waals surface area contributed by atoms with E-state index in [4.69, 9.17) is 0 Å². The number of piperazine rings is 1. The van der Waals surface area contributed by atoms with Crippen LogP contribution in [0.25, 0.3) is 5.13 Å². The molecule has 0 spiro atoms. The van der Waals surface area contributed by atoms with Gasteiger partial charge in [0, 0.05) is 43.8 Å². The Labute approximate surface area is 170 Å². The first-order chi connectivity index (χ1) is 13.6. The van der Waals surface area contributed by atoms with Crippen LogP contribution in [0, 0.1) is 13.8 Å². The molecule has 0 radical (unpaired) electrons. The highest BCUT2D eigenvalue weighted by Gasteiger charge is 2.20. The first-order valence-corrected chi connectivity index (χ1v) is 10.7. The summed E-state index contributed by atoms with van der Waals surface area (Å²) in [6.07, 6.45) is 2.07. The fraction of sp³-hybridized carbons (Fsp3) is 0.429. The van der Waals surface area contributed by atoms with E-state index < -0.39 is 0 Å². The van der Waals surface area contributed by atoms with E-state index in [1.54, 1.807) is 11.3 Å². The van der Waals surface area contributed by atoms with Gasteiger partial charge in [0.2, 0.25) is 10.3 Å². The molecule has 3 aromatic rings. The number of nitrogens with one attached hydrogen (secondary N) is 1. The third-order valence-corrected chi connectivity index (χ3v) is 6.50. The van der Waals surface area contributed by atoms with Crippen molar-refractivity contribution in [2.24, 2.45) is 0 Å². The lowest BCUT2D eigenvalue weighted by atomic mass is 10.1. The molecule has 148 valence electrons. The van der Waals surface area contributed by atoms with Gasteiger partial charge in [0.25, 0.3) is 0 Å². The van der Waals surface area contributed by atoms with Crippen LogP contribution in [0.4, 0.5) is 10.8 Å². The molecule has 0 aliphatic carbocycles. The van der Waals surface area contributed by atoms with Crippen molar-refractivity contribution in [2.45, 2.75) is 27.3 Å². The number of aromatic nitrogens is 3. The van der Waals surface area contributed by atoms with Crippen LogP contribution in [-0.2, 0) is 6.54 Å². The van der Waals surface area contributed by atoms with Gasteiger partial charge in [0.15, 0.2) is 0 Å². The highest BCUT2D eigenvalue weighted by Crippen LogP contribution is 2.26. The number of hydrogen-bond donors (Lipinski definition) is 1. The van der Waals surface area contributed by atoms with Gasteiger partial charge >= 0.3 is 0 Å². The van der Waals surface area contributed by atoms with E-state index in [2.05, 4.69) is 87.2 Å². The molecule has 7 heteroatoms. The molecule has 1 aromatic carbocycles. The van der Waals surface area contributed by atoms with Crippen LogP contribution in [0.2, 0.25) is 0 Å². The Bertz CT molecular complexity index is 923. The Kier molecular flexibility index (Phi) is 5.64. The van der Waals surface area contributed by atoms with Crippen molar-refractivity contribution in [1.29, 1.82) is 0 Å². The van der Waals surface area contributed by atoms with Gasteiger partial charge in [0.1, 0.15) is 0 Å². The summed E-state index contributed by atoms with van der Waals surface area (Å²) in [4.78, 5) is 4.82. The molecular weight excluding hydrogens is 368 g/mol. The van der Waals surface area contributed by atoms with Crippen LogP contribution in [-0.4, -0.2) is 52.4 Å². The van der Waals surface area contributed by atoms with E-state index in [9.17, 15) is 0 Å². The van der Waals surface area contributed by atoms with Crippen molar-refractivity contribution >= 4 is 22.2 Å². The summed E-state index contributed by atoms with van der Waals surface area (Å²) < 4.78 is 2.14. The molecule has 0 unspecified atom stereocenters. The molecule has 0 atom stereocenters. The van der Waals surface area contributed by atoms with Crippen molar-refractivity contribution in [1.82, 2.24) is 19.7 Å². The second-order valence-corrected chi connectivity index (χ2v) is 8.25. The van der Waals surface area contributed by atoms with Gasteiger partial charge in [-0.15, -0.1) is 10.2 Å². The van der Waals surface area contributed by atoms with Crippen LogP contribution in [0.1, 0.15) is 23.7 Å². The van der Waals surface area contributed by atoms with E-state index in [1.807, 2.05) is 0 Å². The summed E-state index contributed by atoms with van der Waals surface area (Å²) >= 11 is 1.67. The van der Waals surface area contributed by atoms with Crippen molar-refractivity contribution in [3.8, 4) is 5.13 Å². The molecule has 0 amide bonds. The SMILES string of the molecule is CCN1CCN(c2nnc(-n3cccc3CNc3ccc(C)c(C)c3)s2)CC1. The quantitative estimate of drug-likeness (QED) is 0.688. The van der Waals surface area contributed by atoms with Crippen molar-refractivity contribution in [2.75, 3.05) is 42.9 Å². The highest BCUT2D eigenvalue weighted by atomic mass is 32.1. The van der Waals surface area contributed by atoms with E-state index in [0.717, 1.165) is 55.2 Å². The van der Waals surface area contributed by atoms with Gasteiger partial charge in [-0.1, -0.05) is 24.3 Å². The minimum absolute atomic E-state index is 0.750. The molecule has 1 aliphatic rings. The van der Waals surface area contributed by atoms with Gasteiger partial charge < -0.3 is 15.1 Å². The first kappa shape index (κ1) is 19.0. The summed E-state index contributed by atoms with van der Waals surface area (Å²) in [6.45, 7) is 12.6. The molecule has 6 nitrogen and oxygen atoms in total. The minimum atomic E-state index is 0.750. The number of rotatable bonds is 6. The third-order valence-electron chi connectivity index (χ3n) is 5.51. The molecule has 4 rings (SSSR count). The number of likely N-dealkylation sites (N-methyl/N-ethyl adjacent to an activating group) is 1. The minimum Gasteiger partial charge on any atom is -0.379 e. The predicted octanol–water partition coefficient (Wildman–Crippen LogP) is 3.70. The molecule has 1 saturated heterocycles. The summed E-state index contributed by atoms with van der Waals surface area (Å²) in [5.74, 6) is 0. The van der Waals surface area contributed by atoms with Gasteiger partial charge in [0.05, 0.1) is 6.54 Å². The van der Waals surface area contributed by atoms with Crippen LogP contribution in [0.3, 0.4) is 0 Å². The first-order valence-electron chi connectivity index (χ1n) is 9.92.